The lowest BCUT2D eigenvalue weighted by molar-refractivity contribution is -0.127. The fraction of sp³-hybridized carbons (Fsp3) is 0.500. The van der Waals surface area contributed by atoms with Gasteiger partial charge in [-0.1, -0.05) is 12.5 Å². The number of carbonyl (C=O) groups is 3. The first kappa shape index (κ1) is 21.8. The Morgan fingerprint density at radius 2 is 1.79 bits per heavy atom. The third-order valence-electron chi connectivity index (χ3n) is 4.47. The molecule has 28 heavy (non-hydrogen) atoms. The topological polar surface area (TPSA) is 122 Å². The van der Waals surface area contributed by atoms with Crippen LogP contribution in [0.3, 0.4) is 0 Å². The lowest BCUT2D eigenvalue weighted by Crippen LogP contribution is -2.43. The summed E-state index contributed by atoms with van der Waals surface area (Å²) in [5, 5.41) is 4.22. The Kier molecular flexibility index (Phi) is 7.14. The van der Waals surface area contributed by atoms with Crippen LogP contribution in [0.4, 0.5) is 4.79 Å². The van der Waals surface area contributed by atoms with E-state index in [1.165, 1.54) is 36.5 Å². The molecule has 1 aromatic carbocycles. The van der Waals surface area contributed by atoms with E-state index in [4.69, 9.17) is 4.74 Å². The Bertz CT molecular complexity index is 862. The summed E-state index contributed by atoms with van der Waals surface area (Å²) in [6.45, 7) is 3.88. The molecule has 1 aromatic rings. The maximum absolute atomic E-state index is 12.9. The first-order valence-corrected chi connectivity index (χ1v) is 10.4. The zero-order valence-corrected chi connectivity index (χ0v) is 17.0. The maximum Gasteiger partial charge on any atom is 0.338 e. The molecule has 154 valence electrons. The van der Waals surface area contributed by atoms with E-state index in [2.05, 4.69) is 5.32 Å². The van der Waals surface area contributed by atoms with Gasteiger partial charge in [-0.15, -0.1) is 0 Å². The molecular weight excluding hydrogens is 386 g/mol. The van der Waals surface area contributed by atoms with E-state index in [9.17, 15) is 22.8 Å². The second-order valence-electron chi connectivity index (χ2n) is 6.56. The van der Waals surface area contributed by atoms with Crippen LogP contribution < -0.4 is 10.6 Å². The summed E-state index contributed by atoms with van der Waals surface area (Å²) in [6.07, 6.45) is 1.37. The normalized spacial score (nSPS) is 16.1. The Labute approximate surface area is 164 Å². The third kappa shape index (κ3) is 5.08. The lowest BCUT2D eigenvalue weighted by atomic mass is 10.1. The molecule has 0 bridgehead atoms. The number of hydrogen-bond donors (Lipinski definition) is 2. The highest BCUT2D eigenvalue weighted by Crippen LogP contribution is 2.24. The summed E-state index contributed by atoms with van der Waals surface area (Å²) in [6, 6.07) is 3.52. The quantitative estimate of drug-likeness (QED) is 0.702. The largest absolute Gasteiger partial charge is 0.449 e. The predicted molar refractivity (Wildman–Crippen MR) is 101 cm³/mol. The summed E-state index contributed by atoms with van der Waals surface area (Å²) in [4.78, 5) is 35.4. The van der Waals surface area contributed by atoms with E-state index in [-0.39, 0.29) is 10.5 Å². The average molecular weight is 411 g/mol. The van der Waals surface area contributed by atoms with Crippen LogP contribution in [0.25, 0.3) is 0 Å². The number of benzene rings is 1. The van der Waals surface area contributed by atoms with E-state index in [0.29, 0.717) is 18.7 Å². The summed E-state index contributed by atoms with van der Waals surface area (Å²) in [7, 11) is -2.38. The van der Waals surface area contributed by atoms with E-state index in [0.717, 1.165) is 19.3 Å². The van der Waals surface area contributed by atoms with Crippen LogP contribution in [0.15, 0.2) is 23.1 Å². The van der Waals surface area contributed by atoms with Gasteiger partial charge in [-0.3, -0.25) is 10.1 Å². The third-order valence-corrected chi connectivity index (χ3v) is 6.51. The number of nitrogens with zero attached hydrogens (tertiary/aromatic N) is 1. The van der Waals surface area contributed by atoms with Crippen LogP contribution in [0.2, 0.25) is 0 Å². The summed E-state index contributed by atoms with van der Waals surface area (Å²) in [5.41, 5.74) is 0.535. The number of hydrogen-bond acceptors (Lipinski definition) is 6. The summed E-state index contributed by atoms with van der Waals surface area (Å²) < 4.78 is 32.3. The maximum atomic E-state index is 12.9. The highest BCUT2D eigenvalue weighted by molar-refractivity contribution is 7.89. The van der Waals surface area contributed by atoms with Crippen molar-refractivity contribution in [3.8, 4) is 0 Å². The molecule has 3 amide bonds. The van der Waals surface area contributed by atoms with Crippen molar-refractivity contribution in [2.24, 2.45) is 0 Å². The second kappa shape index (κ2) is 9.16. The van der Waals surface area contributed by atoms with Crippen LogP contribution in [-0.4, -0.2) is 56.9 Å². The molecule has 9 nitrogen and oxygen atoms in total. The monoisotopic (exact) mass is 411 g/mol. The number of urea groups is 1. The van der Waals surface area contributed by atoms with Crippen molar-refractivity contribution in [1.82, 2.24) is 14.9 Å². The van der Waals surface area contributed by atoms with E-state index >= 15 is 0 Å². The molecule has 1 heterocycles. The van der Waals surface area contributed by atoms with Gasteiger partial charge in [-0.25, -0.2) is 18.0 Å². The standard InChI is InChI=1S/C18H25N3O6S/c1-12-7-8-14(17(23)27-13(2)16(22)20-18(24)19-3)11-15(12)28(25,26)21-9-5-4-6-10-21/h7-8,11,13H,4-6,9-10H2,1-3H3,(H2,19,20,22,24)/t13-/m0/s1. The molecule has 0 saturated carbocycles. The number of carbonyl (C=O) groups excluding carboxylic acids is 3. The van der Waals surface area contributed by atoms with Crippen LogP contribution in [0.1, 0.15) is 42.1 Å². The first-order chi connectivity index (χ1) is 13.2. The zero-order valence-electron chi connectivity index (χ0n) is 16.1. The van der Waals surface area contributed by atoms with Gasteiger partial charge in [0.1, 0.15) is 0 Å². The average Bonchev–Trinajstić information content (AvgIpc) is 2.68. The predicted octanol–water partition coefficient (Wildman–Crippen LogP) is 1.17. The van der Waals surface area contributed by atoms with Crippen molar-refractivity contribution in [3.05, 3.63) is 29.3 Å². The molecule has 1 saturated heterocycles. The molecule has 0 aromatic heterocycles. The summed E-state index contributed by atoms with van der Waals surface area (Å²) in [5.74, 6) is -1.64. The number of aryl methyl sites for hydroxylation is 1. The number of ether oxygens (including phenoxy) is 1. The number of esters is 1. The molecule has 0 aliphatic carbocycles. The van der Waals surface area contributed by atoms with Crippen molar-refractivity contribution >= 4 is 27.9 Å². The Balaban J connectivity index is 2.18. The number of imide groups is 1. The Hall–Kier alpha value is -2.46. The number of sulfonamides is 1. The van der Waals surface area contributed by atoms with Gasteiger partial charge in [0.05, 0.1) is 10.5 Å². The molecule has 2 rings (SSSR count). The Morgan fingerprint density at radius 1 is 1.14 bits per heavy atom. The molecular formula is C18H25N3O6S. The van der Waals surface area contributed by atoms with Crippen molar-refractivity contribution in [2.45, 2.75) is 44.1 Å². The van der Waals surface area contributed by atoms with Gasteiger partial charge in [0, 0.05) is 20.1 Å². The smallest absolute Gasteiger partial charge is 0.338 e. The van der Waals surface area contributed by atoms with Crippen LogP contribution in [0, 0.1) is 6.92 Å². The number of nitrogens with one attached hydrogen (secondary N) is 2. The molecule has 2 N–H and O–H groups in total. The fourth-order valence-corrected chi connectivity index (χ4v) is 4.58. The molecule has 0 unspecified atom stereocenters. The van der Waals surface area contributed by atoms with Gasteiger partial charge < -0.3 is 10.1 Å². The molecule has 1 fully saturated rings. The summed E-state index contributed by atoms with van der Waals surface area (Å²) >= 11 is 0. The molecule has 1 aliphatic rings. The highest BCUT2D eigenvalue weighted by atomic mass is 32.2. The van der Waals surface area contributed by atoms with E-state index < -0.39 is 34.0 Å². The molecule has 0 radical (unpaired) electrons. The van der Waals surface area contributed by atoms with Gasteiger partial charge in [-0.05, 0) is 44.4 Å². The van der Waals surface area contributed by atoms with E-state index in [1.54, 1.807) is 6.92 Å². The molecule has 1 atom stereocenters. The van der Waals surface area contributed by atoms with Crippen molar-refractivity contribution in [1.29, 1.82) is 0 Å². The molecule has 0 spiro atoms. The first-order valence-electron chi connectivity index (χ1n) is 9.01. The van der Waals surface area contributed by atoms with E-state index in [1.807, 2.05) is 5.32 Å². The van der Waals surface area contributed by atoms with Crippen LogP contribution in [0.5, 0.6) is 0 Å². The SMILES string of the molecule is CNC(=O)NC(=O)[C@H](C)OC(=O)c1ccc(C)c(S(=O)(=O)N2CCCCC2)c1. The minimum absolute atomic E-state index is 0.0146. The van der Waals surface area contributed by atoms with Crippen molar-refractivity contribution in [2.75, 3.05) is 20.1 Å². The van der Waals surface area contributed by atoms with Gasteiger partial charge in [0.15, 0.2) is 6.10 Å². The fourth-order valence-electron chi connectivity index (χ4n) is 2.81. The van der Waals surface area contributed by atoms with Crippen molar-refractivity contribution in [3.63, 3.8) is 0 Å². The van der Waals surface area contributed by atoms with Crippen LogP contribution >= 0.6 is 0 Å². The lowest BCUT2D eigenvalue weighted by Gasteiger charge is -2.26. The van der Waals surface area contributed by atoms with Gasteiger partial charge >= 0.3 is 12.0 Å². The molecule has 1 aliphatic heterocycles. The minimum atomic E-state index is -3.72. The Morgan fingerprint density at radius 3 is 2.39 bits per heavy atom. The van der Waals surface area contributed by atoms with Gasteiger partial charge in [0.25, 0.3) is 5.91 Å². The molecule has 10 heteroatoms. The van der Waals surface area contributed by atoms with Crippen LogP contribution in [-0.2, 0) is 19.6 Å². The minimum Gasteiger partial charge on any atom is -0.449 e. The number of piperidine rings is 1. The number of amides is 3. The van der Waals surface area contributed by atoms with Crippen molar-refractivity contribution < 1.29 is 27.5 Å². The second-order valence-corrected chi connectivity index (χ2v) is 8.47. The number of rotatable bonds is 5. The van der Waals surface area contributed by atoms with Gasteiger partial charge in [0.2, 0.25) is 10.0 Å². The van der Waals surface area contributed by atoms with Gasteiger partial charge in [-0.2, -0.15) is 4.31 Å². The highest BCUT2D eigenvalue weighted by Gasteiger charge is 2.29. The zero-order chi connectivity index (χ0) is 20.9.